The van der Waals surface area contributed by atoms with E-state index in [2.05, 4.69) is 91.8 Å². The third-order valence-electron chi connectivity index (χ3n) is 5.21. The smallest absolute Gasteiger partial charge is 0.0379 e. The maximum absolute atomic E-state index is 6.32. The van der Waals surface area contributed by atoms with Gasteiger partial charge in [-0.3, -0.25) is 0 Å². The zero-order chi connectivity index (χ0) is 18.3. The largest absolute Gasteiger partial charge is 0.398 e. The second kappa shape index (κ2) is 6.27. The molecule has 0 radical (unpaired) electrons. The van der Waals surface area contributed by atoms with E-state index in [0.29, 0.717) is 5.92 Å². The van der Waals surface area contributed by atoms with E-state index in [1.54, 1.807) is 0 Å². The Morgan fingerprint density at radius 2 is 1.42 bits per heavy atom. The molecule has 0 unspecified atom stereocenters. The van der Waals surface area contributed by atoms with Crippen LogP contribution in [0.25, 0.3) is 0 Å². The molecule has 0 fully saturated rings. The number of hydrogen-bond acceptors (Lipinski definition) is 1. The summed E-state index contributed by atoms with van der Waals surface area (Å²) in [7, 11) is 0. The summed E-state index contributed by atoms with van der Waals surface area (Å²) in [4.78, 5) is 0. The van der Waals surface area contributed by atoms with E-state index in [-0.39, 0.29) is 10.8 Å². The number of nitrogen functional groups attached to an aromatic ring is 1. The van der Waals surface area contributed by atoms with Crippen LogP contribution in [-0.2, 0) is 10.8 Å². The minimum Gasteiger partial charge on any atom is -0.398 e. The molecule has 0 aliphatic carbocycles. The maximum atomic E-state index is 6.32. The molecule has 2 N–H and O–H groups in total. The highest BCUT2D eigenvalue weighted by Crippen LogP contribution is 2.37. The van der Waals surface area contributed by atoms with Crippen molar-refractivity contribution in [1.82, 2.24) is 0 Å². The van der Waals surface area contributed by atoms with Crippen molar-refractivity contribution in [3.8, 4) is 0 Å². The van der Waals surface area contributed by atoms with Crippen LogP contribution in [0.3, 0.4) is 0 Å². The van der Waals surface area contributed by atoms with Gasteiger partial charge in [0, 0.05) is 11.1 Å². The second-order valence-corrected chi connectivity index (χ2v) is 8.91. The molecule has 24 heavy (non-hydrogen) atoms. The summed E-state index contributed by atoms with van der Waals surface area (Å²) in [5.41, 5.74) is 13.9. The molecule has 2 aromatic rings. The van der Waals surface area contributed by atoms with Crippen LogP contribution in [0, 0.1) is 6.92 Å². The Hall–Kier alpha value is -1.76. The second-order valence-electron chi connectivity index (χ2n) is 8.91. The lowest BCUT2D eigenvalue weighted by Gasteiger charge is -2.30. The van der Waals surface area contributed by atoms with Crippen LogP contribution >= 0.6 is 0 Å². The quantitative estimate of drug-likeness (QED) is 0.657. The molecule has 1 nitrogen and oxygen atoms in total. The summed E-state index contributed by atoms with van der Waals surface area (Å²) < 4.78 is 0. The molecule has 0 bridgehead atoms. The van der Waals surface area contributed by atoms with Crippen LogP contribution in [0.1, 0.15) is 82.2 Å². The van der Waals surface area contributed by atoms with E-state index in [1.807, 2.05) is 0 Å². The van der Waals surface area contributed by atoms with Crippen LogP contribution in [0.5, 0.6) is 0 Å². The molecule has 0 saturated heterocycles. The number of aryl methyl sites for hydroxylation is 1. The van der Waals surface area contributed by atoms with Gasteiger partial charge in [0.15, 0.2) is 0 Å². The van der Waals surface area contributed by atoms with E-state index in [9.17, 15) is 0 Å². The zero-order valence-corrected chi connectivity index (χ0v) is 16.6. The first-order valence-corrected chi connectivity index (χ1v) is 8.96. The summed E-state index contributed by atoms with van der Waals surface area (Å²) in [5, 5.41) is 0. The Morgan fingerprint density at radius 1 is 0.833 bits per heavy atom. The van der Waals surface area contributed by atoms with Crippen molar-refractivity contribution in [2.24, 2.45) is 0 Å². The molecule has 0 spiro atoms. The predicted molar refractivity (Wildman–Crippen MR) is 107 cm³/mol. The molecule has 0 saturated carbocycles. The van der Waals surface area contributed by atoms with Crippen molar-refractivity contribution in [3.63, 3.8) is 0 Å². The normalized spacial score (nSPS) is 12.7. The lowest BCUT2D eigenvalue weighted by molar-refractivity contribution is 0.581. The molecule has 0 amide bonds. The first-order chi connectivity index (χ1) is 10.9. The van der Waals surface area contributed by atoms with Gasteiger partial charge in [0.25, 0.3) is 0 Å². The Kier molecular flexibility index (Phi) is 4.86. The molecular formula is C23H33N. The van der Waals surface area contributed by atoms with Gasteiger partial charge in [0.2, 0.25) is 0 Å². The molecule has 2 rings (SSSR count). The summed E-state index contributed by atoms with van der Waals surface area (Å²) in [5.74, 6) is 0.431. The van der Waals surface area contributed by atoms with Gasteiger partial charge in [-0.1, -0.05) is 84.9 Å². The standard InChI is InChI=1S/C23H33N/c1-15(2)20-14-19(12-16(3)21(20)24)23(7,8)18-11-9-10-17(13-18)22(4,5)6/h9-15H,24H2,1-8H3. The molecule has 2 aromatic carbocycles. The Morgan fingerprint density at radius 3 is 1.96 bits per heavy atom. The fourth-order valence-corrected chi connectivity index (χ4v) is 3.21. The number of nitrogens with two attached hydrogens (primary N) is 1. The van der Waals surface area contributed by atoms with Crippen molar-refractivity contribution in [3.05, 3.63) is 64.2 Å². The molecule has 0 heterocycles. The average Bonchev–Trinajstić information content (AvgIpc) is 2.48. The number of rotatable bonds is 3. The third-order valence-corrected chi connectivity index (χ3v) is 5.21. The van der Waals surface area contributed by atoms with Gasteiger partial charge in [-0.15, -0.1) is 0 Å². The van der Waals surface area contributed by atoms with Crippen molar-refractivity contribution in [2.45, 2.75) is 72.1 Å². The molecule has 0 aliphatic heterocycles. The minimum absolute atomic E-state index is 0.0522. The maximum Gasteiger partial charge on any atom is 0.0379 e. The fourth-order valence-electron chi connectivity index (χ4n) is 3.21. The highest BCUT2D eigenvalue weighted by Gasteiger charge is 2.26. The molecule has 130 valence electrons. The Labute approximate surface area is 148 Å². The van der Waals surface area contributed by atoms with Gasteiger partial charge in [0.05, 0.1) is 0 Å². The summed E-state index contributed by atoms with van der Waals surface area (Å²) in [6.45, 7) is 18.0. The van der Waals surface area contributed by atoms with Crippen molar-refractivity contribution < 1.29 is 0 Å². The van der Waals surface area contributed by atoms with Crippen LogP contribution < -0.4 is 5.73 Å². The van der Waals surface area contributed by atoms with Gasteiger partial charge >= 0.3 is 0 Å². The fraction of sp³-hybridized carbons (Fsp3) is 0.478. The van der Waals surface area contributed by atoms with Gasteiger partial charge in [-0.05, 0) is 46.1 Å². The summed E-state index contributed by atoms with van der Waals surface area (Å²) in [6, 6.07) is 13.6. The lowest BCUT2D eigenvalue weighted by Crippen LogP contribution is -2.21. The van der Waals surface area contributed by atoms with Crippen LogP contribution in [0.4, 0.5) is 5.69 Å². The van der Waals surface area contributed by atoms with Crippen LogP contribution in [0.15, 0.2) is 36.4 Å². The van der Waals surface area contributed by atoms with Gasteiger partial charge < -0.3 is 5.73 Å². The Bertz CT molecular complexity index is 730. The van der Waals surface area contributed by atoms with Crippen molar-refractivity contribution in [2.75, 3.05) is 5.73 Å². The zero-order valence-electron chi connectivity index (χ0n) is 16.6. The van der Waals surface area contributed by atoms with Gasteiger partial charge in [-0.25, -0.2) is 0 Å². The van der Waals surface area contributed by atoms with E-state index in [4.69, 9.17) is 5.73 Å². The Balaban J connectivity index is 2.59. The molecule has 0 atom stereocenters. The first-order valence-electron chi connectivity index (χ1n) is 8.96. The van der Waals surface area contributed by atoms with Crippen LogP contribution in [0.2, 0.25) is 0 Å². The first kappa shape index (κ1) is 18.6. The molecular weight excluding hydrogens is 290 g/mol. The van der Waals surface area contributed by atoms with Gasteiger partial charge in [-0.2, -0.15) is 0 Å². The molecule has 1 heteroatoms. The average molecular weight is 324 g/mol. The SMILES string of the molecule is Cc1cc(C(C)(C)c2cccc(C(C)(C)C)c2)cc(C(C)C)c1N. The van der Waals surface area contributed by atoms with Crippen molar-refractivity contribution in [1.29, 1.82) is 0 Å². The predicted octanol–water partition coefficient (Wildman–Crippen LogP) is 6.32. The highest BCUT2D eigenvalue weighted by atomic mass is 14.6. The highest BCUT2D eigenvalue weighted by molar-refractivity contribution is 5.58. The van der Waals surface area contributed by atoms with E-state index in [1.165, 1.54) is 27.8 Å². The van der Waals surface area contributed by atoms with E-state index < -0.39 is 0 Å². The minimum atomic E-state index is -0.0522. The van der Waals surface area contributed by atoms with Crippen LogP contribution in [-0.4, -0.2) is 0 Å². The van der Waals surface area contributed by atoms with E-state index >= 15 is 0 Å². The third kappa shape index (κ3) is 3.50. The van der Waals surface area contributed by atoms with Crippen molar-refractivity contribution >= 4 is 5.69 Å². The molecule has 0 aromatic heterocycles. The summed E-state index contributed by atoms with van der Waals surface area (Å²) >= 11 is 0. The van der Waals surface area contributed by atoms with Gasteiger partial charge in [0.1, 0.15) is 0 Å². The topological polar surface area (TPSA) is 26.0 Å². The lowest BCUT2D eigenvalue weighted by atomic mass is 9.74. The monoisotopic (exact) mass is 323 g/mol. The number of benzene rings is 2. The molecule has 0 aliphatic rings. The number of hydrogen-bond donors (Lipinski definition) is 1. The summed E-state index contributed by atoms with van der Waals surface area (Å²) in [6.07, 6.45) is 0. The van der Waals surface area contributed by atoms with E-state index in [0.717, 1.165) is 5.69 Å². The number of anilines is 1.